The minimum Gasteiger partial charge on any atom is -0.494 e. The molecule has 3 aromatic heterocycles. The van der Waals surface area contributed by atoms with Gasteiger partial charge in [-0.25, -0.2) is 14.5 Å². The summed E-state index contributed by atoms with van der Waals surface area (Å²) in [6.45, 7) is 4.63. The molecule has 0 fully saturated rings. The van der Waals surface area contributed by atoms with Crippen molar-refractivity contribution in [3.8, 4) is 22.8 Å². The molecule has 206 valence electrons. The van der Waals surface area contributed by atoms with Crippen LogP contribution in [0, 0.1) is 0 Å². The summed E-state index contributed by atoms with van der Waals surface area (Å²) >= 11 is 6.49. The van der Waals surface area contributed by atoms with Crippen molar-refractivity contribution in [2.24, 2.45) is 0 Å². The lowest BCUT2D eigenvalue weighted by atomic mass is 10.2. The zero-order valence-electron chi connectivity index (χ0n) is 22.3. The number of pyridine rings is 1. The molecule has 12 heteroatoms. The van der Waals surface area contributed by atoms with E-state index in [0.717, 1.165) is 11.1 Å². The van der Waals surface area contributed by atoms with Crippen LogP contribution in [0.15, 0.2) is 61.6 Å². The van der Waals surface area contributed by atoms with Crippen molar-refractivity contribution in [2.75, 3.05) is 52.1 Å². The Morgan fingerprint density at radius 2 is 2.00 bits per heavy atom. The van der Waals surface area contributed by atoms with Crippen LogP contribution in [0.4, 0.5) is 17.3 Å². The maximum atomic E-state index is 10.3. The molecule has 0 saturated heterocycles. The average molecular weight is 554 g/mol. The van der Waals surface area contributed by atoms with Crippen molar-refractivity contribution in [1.29, 1.82) is 0 Å². The first-order chi connectivity index (χ1) is 18.8. The van der Waals surface area contributed by atoms with Gasteiger partial charge >= 0.3 is 0 Å². The zero-order chi connectivity index (χ0) is 27.9. The molecule has 0 amide bonds. The summed E-state index contributed by atoms with van der Waals surface area (Å²) in [6.07, 6.45) is 5.17. The number of benzene rings is 1. The smallest absolute Gasteiger partial charge is 0.227 e. The van der Waals surface area contributed by atoms with Crippen molar-refractivity contribution in [3.05, 3.63) is 66.6 Å². The first-order valence-electron chi connectivity index (χ1n) is 12.1. The molecule has 0 aliphatic heterocycles. The van der Waals surface area contributed by atoms with Gasteiger partial charge in [-0.3, -0.25) is 0 Å². The van der Waals surface area contributed by atoms with Crippen molar-refractivity contribution >= 4 is 34.4 Å². The lowest BCUT2D eigenvalue weighted by molar-refractivity contribution is 0.0641. The maximum Gasteiger partial charge on any atom is 0.227 e. The second-order valence-corrected chi connectivity index (χ2v) is 9.34. The molecule has 0 aliphatic carbocycles. The third-order valence-electron chi connectivity index (χ3n) is 5.72. The summed E-state index contributed by atoms with van der Waals surface area (Å²) in [4.78, 5) is 11.0. The molecule has 2 atom stereocenters. The van der Waals surface area contributed by atoms with E-state index in [0.29, 0.717) is 46.7 Å². The van der Waals surface area contributed by atoms with E-state index in [-0.39, 0.29) is 12.1 Å². The number of methoxy groups -OCH3 is 2. The number of aliphatic hydroxyl groups is 1. The van der Waals surface area contributed by atoms with E-state index < -0.39 is 6.23 Å². The van der Waals surface area contributed by atoms with E-state index in [9.17, 15) is 5.11 Å². The number of likely N-dealkylation sites (N-methyl/N-ethyl adjacent to an activating group) is 1. The number of aliphatic hydroxyl groups excluding tert-OH is 1. The molecule has 3 N–H and O–H groups in total. The number of nitrogens with zero attached hydrogens (tertiary/aromatic N) is 5. The quantitative estimate of drug-likeness (QED) is 0.165. The number of ether oxygens (including phenoxy) is 3. The predicted molar refractivity (Wildman–Crippen MR) is 152 cm³/mol. The first kappa shape index (κ1) is 28.1. The molecule has 11 nitrogen and oxygen atoms in total. The highest BCUT2D eigenvalue weighted by molar-refractivity contribution is 6.33. The van der Waals surface area contributed by atoms with Gasteiger partial charge in [-0.2, -0.15) is 5.10 Å². The van der Waals surface area contributed by atoms with E-state index in [4.69, 9.17) is 25.8 Å². The largest absolute Gasteiger partial charge is 0.494 e. The number of nitrogens with one attached hydrogen (secondary N) is 2. The van der Waals surface area contributed by atoms with E-state index in [1.54, 1.807) is 37.1 Å². The van der Waals surface area contributed by atoms with Crippen molar-refractivity contribution in [3.63, 3.8) is 0 Å². The van der Waals surface area contributed by atoms with Crippen molar-refractivity contribution in [1.82, 2.24) is 24.5 Å². The molecule has 39 heavy (non-hydrogen) atoms. The van der Waals surface area contributed by atoms with E-state index >= 15 is 0 Å². The molecule has 4 rings (SSSR count). The number of fused-ring (bicyclic) bond motifs is 1. The number of halogens is 1. The fourth-order valence-electron chi connectivity index (χ4n) is 4.01. The second-order valence-electron chi connectivity index (χ2n) is 8.93. The highest BCUT2D eigenvalue weighted by Gasteiger charge is 2.20. The van der Waals surface area contributed by atoms with E-state index in [2.05, 4.69) is 32.3 Å². The Labute approximate surface area is 232 Å². The lowest BCUT2D eigenvalue weighted by Gasteiger charge is -2.25. The summed E-state index contributed by atoms with van der Waals surface area (Å²) in [5.41, 5.74) is 3.19. The second kappa shape index (κ2) is 12.8. The third-order valence-corrected chi connectivity index (χ3v) is 5.99. The normalized spacial score (nSPS) is 12.8. The summed E-state index contributed by atoms with van der Waals surface area (Å²) in [7, 11) is 7.07. The Balaban J connectivity index is 1.71. The minimum absolute atomic E-state index is 0.275. The van der Waals surface area contributed by atoms with Crippen LogP contribution < -0.4 is 20.1 Å². The first-order valence-corrected chi connectivity index (χ1v) is 12.5. The van der Waals surface area contributed by atoms with Gasteiger partial charge in [0.1, 0.15) is 23.8 Å². The number of hydrogen-bond donors (Lipinski definition) is 3. The van der Waals surface area contributed by atoms with Crippen LogP contribution in [0.2, 0.25) is 5.02 Å². The molecular weight excluding hydrogens is 522 g/mol. The topological polar surface area (TPSA) is 118 Å². The number of anilines is 3. The average Bonchev–Trinajstić information content (AvgIpc) is 3.34. The fourth-order valence-corrected chi connectivity index (χ4v) is 4.20. The molecule has 0 aliphatic rings. The molecular formula is C27H32ClN7O4. The summed E-state index contributed by atoms with van der Waals surface area (Å²) in [5.74, 6) is 1.23. The van der Waals surface area contributed by atoms with Gasteiger partial charge in [0.2, 0.25) is 5.95 Å². The summed E-state index contributed by atoms with van der Waals surface area (Å²) in [5, 5.41) is 21.2. The van der Waals surface area contributed by atoms with Crippen LogP contribution in [0.25, 0.3) is 16.8 Å². The molecule has 4 aromatic rings. The lowest BCUT2D eigenvalue weighted by Crippen LogP contribution is -2.34. The van der Waals surface area contributed by atoms with Crippen LogP contribution in [-0.4, -0.2) is 83.4 Å². The minimum atomic E-state index is -1.02. The molecule has 0 saturated carbocycles. The molecule has 0 radical (unpaired) electrons. The van der Waals surface area contributed by atoms with Crippen LogP contribution in [0.5, 0.6) is 11.5 Å². The van der Waals surface area contributed by atoms with Gasteiger partial charge in [0, 0.05) is 31.5 Å². The van der Waals surface area contributed by atoms with Gasteiger partial charge < -0.3 is 34.9 Å². The van der Waals surface area contributed by atoms with Crippen molar-refractivity contribution in [2.45, 2.75) is 12.3 Å². The molecule has 1 aromatic carbocycles. The Hall–Kier alpha value is -3.90. The van der Waals surface area contributed by atoms with Crippen LogP contribution in [0.3, 0.4) is 0 Å². The van der Waals surface area contributed by atoms with E-state index in [1.807, 2.05) is 43.4 Å². The van der Waals surface area contributed by atoms with Crippen molar-refractivity contribution < 1.29 is 19.3 Å². The van der Waals surface area contributed by atoms with Gasteiger partial charge in [-0.1, -0.05) is 24.2 Å². The van der Waals surface area contributed by atoms with Gasteiger partial charge in [-0.05, 0) is 38.4 Å². The maximum absolute atomic E-state index is 10.3. The third kappa shape index (κ3) is 6.76. The highest BCUT2D eigenvalue weighted by Crippen LogP contribution is 2.39. The molecule has 2 unspecified atom stereocenters. The summed E-state index contributed by atoms with van der Waals surface area (Å²) < 4.78 is 19.0. The van der Waals surface area contributed by atoms with Gasteiger partial charge in [-0.15, -0.1) is 0 Å². The molecule has 0 bridgehead atoms. The molecule has 0 spiro atoms. The number of aromatic nitrogens is 4. The van der Waals surface area contributed by atoms with Crippen LogP contribution in [-0.2, 0) is 4.74 Å². The Morgan fingerprint density at radius 3 is 2.72 bits per heavy atom. The summed E-state index contributed by atoms with van der Waals surface area (Å²) in [6, 6.07) is 9.22. The standard InChI is InChI=1S/C27H32ClN7O4/c1-6-25(36)31-21-11-20(23(38-5)12-24(21)39-17(16-37-4)15-34(2)3)32-27-29-14-19(28)26(33-27)18-13-30-35-10-8-7-9-22(18)35/h6-14,17,25,31,36H,1,15-16H2,2-5H3,(H,29,32,33). The SMILES string of the molecule is C=CC(O)Nc1cc(Nc2ncc(Cl)c(-c3cnn4ccccc34)n2)c(OC)cc1OC(COC)CN(C)C. The fraction of sp³-hybridized carbons (Fsp3) is 0.296. The van der Waals surface area contributed by atoms with Gasteiger partial charge in [0.25, 0.3) is 0 Å². The van der Waals surface area contributed by atoms with Gasteiger partial charge in [0.15, 0.2) is 0 Å². The Bertz CT molecular complexity index is 1430. The molecule has 3 heterocycles. The van der Waals surface area contributed by atoms with Crippen LogP contribution >= 0.6 is 11.6 Å². The highest BCUT2D eigenvalue weighted by atomic mass is 35.5. The monoisotopic (exact) mass is 553 g/mol. The Morgan fingerprint density at radius 1 is 1.18 bits per heavy atom. The zero-order valence-corrected chi connectivity index (χ0v) is 23.0. The van der Waals surface area contributed by atoms with Gasteiger partial charge in [0.05, 0.1) is 53.7 Å². The van der Waals surface area contributed by atoms with E-state index in [1.165, 1.54) is 12.3 Å². The number of hydrogen-bond acceptors (Lipinski definition) is 10. The predicted octanol–water partition coefficient (Wildman–Crippen LogP) is 4.07. The van der Waals surface area contributed by atoms with Crippen LogP contribution in [0.1, 0.15) is 0 Å². The number of rotatable bonds is 13. The Kier molecular flexibility index (Phi) is 9.20.